The summed E-state index contributed by atoms with van der Waals surface area (Å²) in [6.07, 6.45) is 0.978. The van der Waals surface area contributed by atoms with Gasteiger partial charge in [0.15, 0.2) is 0 Å². The Kier molecular flexibility index (Phi) is 7.64. The van der Waals surface area contributed by atoms with Crippen molar-refractivity contribution in [1.29, 1.82) is 0 Å². The molecule has 0 spiro atoms. The highest BCUT2D eigenvalue weighted by Gasteiger charge is 2.30. The number of hydrogen-bond donors (Lipinski definition) is 2. The molecule has 1 aliphatic rings. The Morgan fingerprint density at radius 3 is 2.63 bits per heavy atom. The first kappa shape index (κ1) is 21.7. The number of aliphatic hydroxyl groups is 1. The van der Waals surface area contributed by atoms with E-state index in [-0.39, 0.29) is 17.7 Å². The van der Waals surface area contributed by atoms with Gasteiger partial charge in [-0.3, -0.25) is 14.4 Å². The van der Waals surface area contributed by atoms with E-state index >= 15 is 0 Å². The summed E-state index contributed by atoms with van der Waals surface area (Å²) < 4.78 is 26.8. The number of para-hydroxylation sites is 1. The summed E-state index contributed by atoms with van der Waals surface area (Å²) in [5.41, 5.74) is 0.700. The second-order valence-electron chi connectivity index (χ2n) is 7.12. The minimum Gasteiger partial charge on any atom is -0.392 e. The van der Waals surface area contributed by atoms with E-state index in [9.17, 15) is 18.3 Å². The summed E-state index contributed by atoms with van der Waals surface area (Å²) >= 11 is 0. The molecule has 2 atom stereocenters. The molecule has 1 heterocycles. The fraction of sp³-hybridized carbons (Fsp3) is 0.632. The Balaban J connectivity index is 2.16. The Hall–Kier alpha value is -1.64. The predicted molar refractivity (Wildman–Crippen MR) is 107 cm³/mol. The van der Waals surface area contributed by atoms with Gasteiger partial charge in [-0.2, -0.15) is 0 Å². The van der Waals surface area contributed by atoms with E-state index < -0.39 is 16.1 Å². The van der Waals surface area contributed by atoms with Crippen LogP contribution in [-0.4, -0.2) is 73.3 Å². The molecule has 2 N–H and O–H groups in total. The third-order valence-electron chi connectivity index (χ3n) is 4.76. The van der Waals surface area contributed by atoms with Crippen LogP contribution < -0.4 is 4.72 Å². The lowest BCUT2D eigenvalue weighted by Crippen LogP contribution is -2.55. The van der Waals surface area contributed by atoms with E-state index in [1.165, 1.54) is 0 Å². The Morgan fingerprint density at radius 1 is 1.30 bits per heavy atom. The molecule has 152 valence electrons. The van der Waals surface area contributed by atoms with E-state index in [1.54, 1.807) is 43.0 Å². The standard InChI is InChI=1S/C19H31N3O4S/c1-4-12-27(25,26)20-18-9-7-6-8-17(18)19(24)22-11-10-21(13-15(3)23)16(5-2)14-22/h6-9,15-16,20,23H,4-5,10-14H2,1-3H3/t15-,16-/m0/s1. The number of rotatable bonds is 8. The molecule has 1 saturated heterocycles. The molecule has 0 aromatic heterocycles. The SMILES string of the molecule is CCCS(=O)(=O)Nc1ccccc1C(=O)N1CCN(C[C@H](C)O)[C@@H](CC)C1. The molecule has 0 bridgehead atoms. The van der Waals surface area contributed by atoms with Gasteiger partial charge in [0.25, 0.3) is 5.91 Å². The number of nitrogens with zero attached hydrogens (tertiary/aromatic N) is 2. The number of amides is 1. The van der Waals surface area contributed by atoms with Crippen molar-refractivity contribution in [2.24, 2.45) is 0 Å². The second-order valence-corrected chi connectivity index (χ2v) is 8.97. The zero-order valence-electron chi connectivity index (χ0n) is 16.4. The summed E-state index contributed by atoms with van der Waals surface area (Å²) in [5.74, 6) is -0.147. The molecule has 1 aromatic rings. The molecule has 7 nitrogen and oxygen atoms in total. The number of benzene rings is 1. The molecule has 8 heteroatoms. The van der Waals surface area contributed by atoms with Gasteiger partial charge < -0.3 is 10.0 Å². The molecule has 0 aliphatic carbocycles. The highest BCUT2D eigenvalue weighted by atomic mass is 32.2. The lowest BCUT2D eigenvalue weighted by Gasteiger charge is -2.41. The first-order valence-electron chi connectivity index (χ1n) is 9.58. The number of piperazine rings is 1. The maximum atomic E-state index is 13.1. The van der Waals surface area contributed by atoms with Crippen molar-refractivity contribution in [3.05, 3.63) is 29.8 Å². The summed E-state index contributed by atoms with van der Waals surface area (Å²) in [5, 5.41) is 9.67. The van der Waals surface area contributed by atoms with Crippen LogP contribution in [0.2, 0.25) is 0 Å². The lowest BCUT2D eigenvalue weighted by molar-refractivity contribution is 0.0310. The van der Waals surface area contributed by atoms with Crippen LogP contribution in [-0.2, 0) is 10.0 Å². The van der Waals surface area contributed by atoms with Crippen LogP contribution in [0, 0.1) is 0 Å². The number of hydrogen-bond acceptors (Lipinski definition) is 5. The number of β-amino-alcohol motifs (C(OH)–C–C–N with tert-alkyl or cyclic N) is 1. The lowest BCUT2D eigenvalue weighted by atomic mass is 10.1. The van der Waals surface area contributed by atoms with Crippen molar-refractivity contribution >= 4 is 21.6 Å². The van der Waals surface area contributed by atoms with Crippen LogP contribution in [0.3, 0.4) is 0 Å². The molecule has 0 unspecified atom stereocenters. The number of nitrogens with one attached hydrogen (secondary N) is 1. The maximum Gasteiger partial charge on any atom is 0.256 e. The summed E-state index contributed by atoms with van der Waals surface area (Å²) in [6, 6.07) is 6.93. The van der Waals surface area contributed by atoms with E-state index in [2.05, 4.69) is 16.5 Å². The normalized spacial score (nSPS) is 19.7. The highest BCUT2D eigenvalue weighted by Crippen LogP contribution is 2.22. The average Bonchev–Trinajstić information content (AvgIpc) is 2.61. The number of carbonyl (C=O) groups is 1. The third kappa shape index (κ3) is 5.92. The van der Waals surface area contributed by atoms with Gasteiger partial charge in [-0.25, -0.2) is 8.42 Å². The molecular formula is C19H31N3O4S. The molecule has 0 saturated carbocycles. The van der Waals surface area contributed by atoms with E-state index in [1.807, 2.05) is 0 Å². The van der Waals surface area contributed by atoms with Crippen molar-refractivity contribution in [1.82, 2.24) is 9.80 Å². The zero-order valence-corrected chi connectivity index (χ0v) is 17.2. The van der Waals surface area contributed by atoms with Crippen molar-refractivity contribution in [2.45, 2.75) is 45.8 Å². The number of aliphatic hydroxyl groups excluding tert-OH is 1. The van der Waals surface area contributed by atoms with Crippen molar-refractivity contribution in [2.75, 3.05) is 36.7 Å². The van der Waals surface area contributed by atoms with Crippen LogP contribution in [0.15, 0.2) is 24.3 Å². The topological polar surface area (TPSA) is 90.0 Å². The molecule has 1 aliphatic heterocycles. The monoisotopic (exact) mass is 397 g/mol. The predicted octanol–water partition coefficient (Wildman–Crippen LogP) is 1.76. The van der Waals surface area contributed by atoms with Gasteiger partial charge in [-0.15, -0.1) is 0 Å². The summed E-state index contributed by atoms with van der Waals surface area (Å²) in [7, 11) is -3.47. The minimum absolute atomic E-state index is 0.0193. The smallest absolute Gasteiger partial charge is 0.256 e. The fourth-order valence-electron chi connectivity index (χ4n) is 3.46. The molecule has 2 rings (SSSR count). The summed E-state index contributed by atoms with van der Waals surface area (Å²) in [6.45, 7) is 8.04. The van der Waals surface area contributed by atoms with Crippen LogP contribution in [0.1, 0.15) is 44.0 Å². The van der Waals surface area contributed by atoms with Gasteiger partial charge in [0.2, 0.25) is 10.0 Å². The first-order chi connectivity index (χ1) is 12.8. The van der Waals surface area contributed by atoms with Gasteiger partial charge in [-0.05, 0) is 31.9 Å². The third-order valence-corrected chi connectivity index (χ3v) is 6.23. The van der Waals surface area contributed by atoms with Crippen molar-refractivity contribution in [3.8, 4) is 0 Å². The first-order valence-corrected chi connectivity index (χ1v) is 11.2. The molecule has 1 amide bonds. The van der Waals surface area contributed by atoms with Crippen molar-refractivity contribution in [3.63, 3.8) is 0 Å². The zero-order chi connectivity index (χ0) is 20.0. The van der Waals surface area contributed by atoms with E-state index in [0.717, 1.165) is 6.42 Å². The largest absolute Gasteiger partial charge is 0.392 e. The molecule has 1 aromatic carbocycles. The quantitative estimate of drug-likeness (QED) is 0.698. The van der Waals surface area contributed by atoms with Gasteiger partial charge in [0.05, 0.1) is 23.1 Å². The molecule has 27 heavy (non-hydrogen) atoms. The van der Waals surface area contributed by atoms with Gasteiger partial charge in [0, 0.05) is 32.2 Å². The van der Waals surface area contributed by atoms with Crippen LogP contribution in [0.5, 0.6) is 0 Å². The number of carbonyl (C=O) groups excluding carboxylic acids is 1. The fourth-order valence-corrected chi connectivity index (χ4v) is 4.61. The maximum absolute atomic E-state index is 13.1. The number of anilines is 1. The molecule has 0 radical (unpaired) electrons. The Labute approximate surface area is 162 Å². The average molecular weight is 398 g/mol. The van der Waals surface area contributed by atoms with E-state index in [4.69, 9.17) is 0 Å². The van der Waals surface area contributed by atoms with Crippen molar-refractivity contribution < 1.29 is 18.3 Å². The summed E-state index contributed by atoms with van der Waals surface area (Å²) in [4.78, 5) is 17.1. The Bertz CT molecular complexity index is 736. The van der Waals surface area contributed by atoms with Gasteiger partial charge in [0.1, 0.15) is 0 Å². The molecule has 1 fully saturated rings. The Morgan fingerprint density at radius 2 is 2.00 bits per heavy atom. The minimum atomic E-state index is -3.47. The van der Waals surface area contributed by atoms with Gasteiger partial charge in [-0.1, -0.05) is 26.0 Å². The van der Waals surface area contributed by atoms with Crippen LogP contribution >= 0.6 is 0 Å². The van der Waals surface area contributed by atoms with Crippen LogP contribution in [0.25, 0.3) is 0 Å². The molecular weight excluding hydrogens is 366 g/mol. The van der Waals surface area contributed by atoms with E-state index in [0.29, 0.717) is 43.9 Å². The van der Waals surface area contributed by atoms with Gasteiger partial charge >= 0.3 is 0 Å². The second kappa shape index (κ2) is 9.52. The highest BCUT2D eigenvalue weighted by molar-refractivity contribution is 7.92. The van der Waals surface area contributed by atoms with Crippen LogP contribution in [0.4, 0.5) is 5.69 Å². The number of sulfonamides is 1.